The number of aliphatic hydroxyl groups excluding tert-OH is 1. The van der Waals surface area contributed by atoms with Crippen LogP contribution >= 0.6 is 11.6 Å². The first-order valence-corrected chi connectivity index (χ1v) is 5.00. The van der Waals surface area contributed by atoms with E-state index in [1.807, 2.05) is 25.1 Å². The van der Waals surface area contributed by atoms with Gasteiger partial charge in [0.2, 0.25) is 0 Å². The summed E-state index contributed by atoms with van der Waals surface area (Å²) >= 11 is 5.97. The number of aliphatic hydroxyl groups is 1. The lowest BCUT2D eigenvalue weighted by Crippen LogP contribution is -1.99. The highest BCUT2D eigenvalue weighted by Crippen LogP contribution is 2.41. The Hall–Kier alpha value is -0.530. The number of aryl methyl sites for hydroxylation is 1. The molecule has 1 aliphatic rings. The normalized spacial score (nSPS) is 18.7. The van der Waals surface area contributed by atoms with Crippen molar-refractivity contribution in [1.82, 2.24) is 0 Å². The molecule has 0 heterocycles. The van der Waals surface area contributed by atoms with Gasteiger partial charge in [-0.25, -0.2) is 0 Å². The van der Waals surface area contributed by atoms with Crippen molar-refractivity contribution in [2.45, 2.75) is 25.9 Å². The third-order valence-electron chi connectivity index (χ3n) is 2.61. The zero-order valence-corrected chi connectivity index (χ0v) is 8.38. The van der Waals surface area contributed by atoms with Gasteiger partial charge in [0, 0.05) is 5.02 Å². The lowest BCUT2D eigenvalue weighted by atomic mass is 10.0. The Morgan fingerprint density at radius 2 is 2.15 bits per heavy atom. The molecule has 2 heteroatoms. The summed E-state index contributed by atoms with van der Waals surface area (Å²) in [5.41, 5.74) is 2.02. The molecule has 0 aromatic heterocycles. The van der Waals surface area contributed by atoms with E-state index >= 15 is 0 Å². The van der Waals surface area contributed by atoms with E-state index in [0.29, 0.717) is 5.92 Å². The fraction of sp³-hybridized carbons (Fsp3) is 0.455. The fourth-order valence-electron chi connectivity index (χ4n) is 1.48. The summed E-state index contributed by atoms with van der Waals surface area (Å²) in [6.07, 6.45) is 1.98. The minimum Gasteiger partial charge on any atom is -0.388 e. The summed E-state index contributed by atoms with van der Waals surface area (Å²) in [4.78, 5) is 0. The van der Waals surface area contributed by atoms with Crippen LogP contribution in [-0.4, -0.2) is 5.11 Å². The quantitative estimate of drug-likeness (QED) is 0.771. The van der Waals surface area contributed by atoms with Gasteiger partial charge in [-0.3, -0.25) is 0 Å². The number of benzene rings is 1. The molecule has 0 saturated heterocycles. The van der Waals surface area contributed by atoms with Crippen molar-refractivity contribution < 1.29 is 5.11 Å². The second kappa shape index (κ2) is 3.32. The molecule has 0 radical (unpaired) electrons. The molecule has 1 saturated carbocycles. The number of hydrogen-bond acceptors (Lipinski definition) is 1. The SMILES string of the molecule is Cc1ccc(C(O)C2CC2)cc1Cl. The van der Waals surface area contributed by atoms with Gasteiger partial charge >= 0.3 is 0 Å². The van der Waals surface area contributed by atoms with Crippen LogP contribution in [0.3, 0.4) is 0 Å². The highest BCUT2D eigenvalue weighted by atomic mass is 35.5. The minimum absolute atomic E-state index is 0.307. The van der Waals surface area contributed by atoms with Gasteiger partial charge in [0.05, 0.1) is 6.10 Å². The second-order valence-electron chi connectivity index (χ2n) is 3.79. The van der Waals surface area contributed by atoms with Gasteiger partial charge in [-0.05, 0) is 42.9 Å². The summed E-state index contributed by atoms with van der Waals surface area (Å²) in [5, 5.41) is 10.6. The molecule has 1 atom stereocenters. The molecular formula is C11H13ClO. The standard InChI is InChI=1S/C11H13ClO/c1-7-2-3-9(6-10(7)12)11(13)8-4-5-8/h2-3,6,8,11,13H,4-5H2,1H3. The monoisotopic (exact) mass is 196 g/mol. The molecule has 70 valence electrons. The molecule has 1 unspecified atom stereocenters. The van der Waals surface area contributed by atoms with Gasteiger partial charge in [-0.15, -0.1) is 0 Å². The van der Waals surface area contributed by atoms with Crippen LogP contribution < -0.4 is 0 Å². The Morgan fingerprint density at radius 1 is 1.46 bits per heavy atom. The molecule has 1 aromatic rings. The maximum absolute atomic E-state index is 9.82. The summed E-state index contributed by atoms with van der Waals surface area (Å²) in [5.74, 6) is 0.471. The van der Waals surface area contributed by atoms with E-state index in [1.165, 1.54) is 0 Å². The molecule has 0 bridgehead atoms. The average molecular weight is 197 g/mol. The predicted molar refractivity (Wildman–Crippen MR) is 53.9 cm³/mol. The molecule has 13 heavy (non-hydrogen) atoms. The first-order chi connectivity index (χ1) is 6.18. The van der Waals surface area contributed by atoms with Crippen molar-refractivity contribution in [3.63, 3.8) is 0 Å². The van der Waals surface area contributed by atoms with E-state index in [-0.39, 0.29) is 6.10 Å². The zero-order valence-electron chi connectivity index (χ0n) is 7.63. The van der Waals surface area contributed by atoms with Crippen molar-refractivity contribution >= 4 is 11.6 Å². The molecule has 1 aromatic carbocycles. The number of halogens is 1. The van der Waals surface area contributed by atoms with Gasteiger partial charge in [0.1, 0.15) is 0 Å². The number of rotatable bonds is 2. The Kier molecular flexibility index (Phi) is 2.31. The zero-order chi connectivity index (χ0) is 9.42. The van der Waals surface area contributed by atoms with E-state index in [9.17, 15) is 5.11 Å². The minimum atomic E-state index is -0.307. The highest BCUT2D eigenvalue weighted by molar-refractivity contribution is 6.31. The Balaban J connectivity index is 2.24. The topological polar surface area (TPSA) is 20.2 Å². The molecule has 1 fully saturated rings. The van der Waals surface area contributed by atoms with Crippen LogP contribution in [-0.2, 0) is 0 Å². The van der Waals surface area contributed by atoms with Gasteiger partial charge in [-0.1, -0.05) is 23.7 Å². The Morgan fingerprint density at radius 3 is 2.69 bits per heavy atom. The predicted octanol–water partition coefficient (Wildman–Crippen LogP) is 3.09. The van der Waals surface area contributed by atoms with Crippen molar-refractivity contribution in [2.75, 3.05) is 0 Å². The molecule has 0 aliphatic heterocycles. The highest BCUT2D eigenvalue weighted by Gasteiger charge is 2.30. The first-order valence-electron chi connectivity index (χ1n) is 4.62. The summed E-state index contributed by atoms with van der Waals surface area (Å²) < 4.78 is 0. The molecule has 1 nitrogen and oxygen atoms in total. The average Bonchev–Trinajstić information content (AvgIpc) is 2.91. The van der Waals surface area contributed by atoms with Crippen LogP contribution in [0.15, 0.2) is 18.2 Å². The summed E-state index contributed by atoms with van der Waals surface area (Å²) in [7, 11) is 0. The number of hydrogen-bond donors (Lipinski definition) is 1. The third kappa shape index (κ3) is 1.87. The molecule has 1 N–H and O–H groups in total. The van der Waals surface area contributed by atoms with Crippen molar-refractivity contribution in [1.29, 1.82) is 0 Å². The lowest BCUT2D eigenvalue weighted by molar-refractivity contribution is 0.154. The van der Waals surface area contributed by atoms with Crippen molar-refractivity contribution in [3.8, 4) is 0 Å². The van der Waals surface area contributed by atoms with Crippen LogP contribution in [0.4, 0.5) is 0 Å². The third-order valence-corrected chi connectivity index (χ3v) is 3.01. The fourth-order valence-corrected chi connectivity index (χ4v) is 1.67. The molecule has 1 aliphatic carbocycles. The molecular weight excluding hydrogens is 184 g/mol. The Labute approximate surface area is 83.3 Å². The van der Waals surface area contributed by atoms with Gasteiger partial charge < -0.3 is 5.11 Å². The smallest absolute Gasteiger partial charge is 0.0818 e. The van der Waals surface area contributed by atoms with E-state index in [4.69, 9.17) is 11.6 Å². The van der Waals surface area contributed by atoms with Crippen LogP contribution in [0.5, 0.6) is 0 Å². The summed E-state index contributed by atoms with van der Waals surface area (Å²) in [6.45, 7) is 1.97. The Bertz CT molecular complexity index is 318. The van der Waals surface area contributed by atoms with Crippen molar-refractivity contribution in [3.05, 3.63) is 34.3 Å². The van der Waals surface area contributed by atoms with E-state index in [0.717, 1.165) is 29.0 Å². The van der Waals surface area contributed by atoms with Gasteiger partial charge in [0.25, 0.3) is 0 Å². The lowest BCUT2D eigenvalue weighted by Gasteiger charge is -2.10. The molecule has 0 amide bonds. The van der Waals surface area contributed by atoms with E-state index in [2.05, 4.69) is 0 Å². The summed E-state index contributed by atoms with van der Waals surface area (Å²) in [6, 6.07) is 5.80. The van der Waals surface area contributed by atoms with Crippen molar-refractivity contribution in [2.24, 2.45) is 5.92 Å². The largest absolute Gasteiger partial charge is 0.388 e. The van der Waals surface area contributed by atoms with Crippen LogP contribution in [0, 0.1) is 12.8 Å². The first kappa shape index (κ1) is 9.04. The van der Waals surface area contributed by atoms with E-state index < -0.39 is 0 Å². The maximum atomic E-state index is 9.82. The van der Waals surface area contributed by atoms with Gasteiger partial charge in [-0.2, -0.15) is 0 Å². The van der Waals surface area contributed by atoms with Crippen LogP contribution in [0.2, 0.25) is 5.02 Å². The van der Waals surface area contributed by atoms with Gasteiger partial charge in [0.15, 0.2) is 0 Å². The van der Waals surface area contributed by atoms with E-state index in [1.54, 1.807) is 0 Å². The molecule has 0 spiro atoms. The maximum Gasteiger partial charge on any atom is 0.0818 e. The molecule has 2 rings (SSSR count). The second-order valence-corrected chi connectivity index (χ2v) is 4.20. The van der Waals surface area contributed by atoms with Crippen LogP contribution in [0.25, 0.3) is 0 Å². The van der Waals surface area contributed by atoms with Crippen LogP contribution in [0.1, 0.15) is 30.1 Å².